The van der Waals surface area contributed by atoms with E-state index in [9.17, 15) is 4.79 Å². The van der Waals surface area contributed by atoms with Crippen molar-refractivity contribution in [1.29, 1.82) is 0 Å². The smallest absolute Gasteiger partial charge is 0.339 e. The predicted octanol–water partition coefficient (Wildman–Crippen LogP) is 4.82. The van der Waals surface area contributed by atoms with E-state index in [1.807, 2.05) is 31.2 Å². The third-order valence-corrected chi connectivity index (χ3v) is 4.24. The Morgan fingerprint density at radius 3 is 2.41 bits per heavy atom. The minimum atomic E-state index is -0.292. The van der Waals surface area contributed by atoms with Gasteiger partial charge in [0.05, 0.1) is 6.26 Å². The quantitative estimate of drug-likeness (QED) is 0.472. The van der Waals surface area contributed by atoms with E-state index >= 15 is 0 Å². The molecule has 4 aromatic rings. The predicted molar refractivity (Wildman–Crippen MR) is 87.2 cm³/mol. The Kier molecular flexibility index (Phi) is 2.70. The molecule has 0 amide bonds. The van der Waals surface area contributed by atoms with Gasteiger partial charge in [-0.25, -0.2) is 4.79 Å². The van der Waals surface area contributed by atoms with Crippen LogP contribution in [0.1, 0.15) is 11.1 Å². The first-order valence-electron chi connectivity index (χ1n) is 7.16. The molecular formula is C19H14O3. The van der Waals surface area contributed by atoms with Crippen LogP contribution in [0.2, 0.25) is 0 Å². The van der Waals surface area contributed by atoms with Gasteiger partial charge in [0.1, 0.15) is 11.2 Å². The van der Waals surface area contributed by atoms with Gasteiger partial charge in [-0.1, -0.05) is 30.3 Å². The first-order chi connectivity index (χ1) is 10.6. The zero-order valence-corrected chi connectivity index (χ0v) is 12.3. The Morgan fingerprint density at radius 1 is 0.864 bits per heavy atom. The molecule has 0 aliphatic rings. The Labute approximate surface area is 126 Å². The lowest BCUT2D eigenvalue weighted by Gasteiger charge is -2.04. The summed E-state index contributed by atoms with van der Waals surface area (Å²) in [6.45, 7) is 3.74. The van der Waals surface area contributed by atoms with Gasteiger partial charge in [-0.2, -0.15) is 0 Å². The SMILES string of the molecule is Cc1c(C)c2cc3c(-c4ccccc4)coc3cc2oc1=O. The maximum Gasteiger partial charge on any atom is 0.339 e. The largest absolute Gasteiger partial charge is 0.464 e. The summed E-state index contributed by atoms with van der Waals surface area (Å²) >= 11 is 0. The molecule has 0 spiro atoms. The Bertz CT molecular complexity index is 1050. The van der Waals surface area contributed by atoms with Gasteiger partial charge in [0.25, 0.3) is 0 Å². The Hall–Kier alpha value is -2.81. The lowest BCUT2D eigenvalue weighted by Crippen LogP contribution is -2.05. The molecule has 0 N–H and O–H groups in total. The molecule has 0 atom stereocenters. The highest BCUT2D eigenvalue weighted by atomic mass is 16.4. The zero-order chi connectivity index (χ0) is 15.3. The van der Waals surface area contributed by atoms with Crippen LogP contribution in [0.15, 0.2) is 62.4 Å². The fourth-order valence-electron chi connectivity index (χ4n) is 2.81. The van der Waals surface area contributed by atoms with Crippen LogP contribution >= 0.6 is 0 Å². The van der Waals surface area contributed by atoms with Crippen LogP contribution in [0.25, 0.3) is 33.1 Å². The van der Waals surface area contributed by atoms with E-state index in [0.29, 0.717) is 11.1 Å². The molecule has 0 saturated heterocycles. The van der Waals surface area contributed by atoms with Crippen LogP contribution in [0.3, 0.4) is 0 Å². The second-order valence-corrected chi connectivity index (χ2v) is 5.50. The number of rotatable bonds is 1. The normalized spacial score (nSPS) is 11.4. The second-order valence-electron chi connectivity index (χ2n) is 5.50. The highest BCUT2D eigenvalue weighted by Gasteiger charge is 2.13. The van der Waals surface area contributed by atoms with E-state index in [0.717, 1.165) is 33.0 Å². The first kappa shape index (κ1) is 12.9. The molecule has 0 aliphatic heterocycles. The van der Waals surface area contributed by atoms with Gasteiger partial charge in [-0.3, -0.25) is 0 Å². The molecule has 0 fully saturated rings. The molecule has 108 valence electrons. The Balaban J connectivity index is 2.10. The lowest BCUT2D eigenvalue weighted by molar-refractivity contribution is 0.552. The van der Waals surface area contributed by atoms with Gasteiger partial charge < -0.3 is 8.83 Å². The van der Waals surface area contributed by atoms with Crippen molar-refractivity contribution >= 4 is 21.9 Å². The average molecular weight is 290 g/mol. The summed E-state index contributed by atoms with van der Waals surface area (Å²) in [6.07, 6.45) is 1.75. The van der Waals surface area contributed by atoms with Crippen molar-refractivity contribution in [3.8, 4) is 11.1 Å². The minimum Gasteiger partial charge on any atom is -0.464 e. The van der Waals surface area contributed by atoms with E-state index in [1.165, 1.54) is 0 Å². The topological polar surface area (TPSA) is 43.4 Å². The van der Waals surface area contributed by atoms with Gasteiger partial charge in [0, 0.05) is 28.0 Å². The highest BCUT2D eigenvalue weighted by molar-refractivity contribution is 6.02. The molecule has 22 heavy (non-hydrogen) atoms. The van der Waals surface area contributed by atoms with Crippen molar-refractivity contribution in [2.75, 3.05) is 0 Å². The van der Waals surface area contributed by atoms with Crippen molar-refractivity contribution in [2.45, 2.75) is 13.8 Å². The molecule has 2 aromatic carbocycles. The van der Waals surface area contributed by atoms with Crippen LogP contribution in [0.4, 0.5) is 0 Å². The molecule has 2 aromatic heterocycles. The molecule has 4 rings (SSSR count). The number of furan rings is 1. The van der Waals surface area contributed by atoms with E-state index in [-0.39, 0.29) is 5.63 Å². The monoisotopic (exact) mass is 290 g/mol. The van der Waals surface area contributed by atoms with Crippen molar-refractivity contribution in [2.24, 2.45) is 0 Å². The summed E-state index contributed by atoms with van der Waals surface area (Å²) in [4.78, 5) is 11.8. The fraction of sp³-hybridized carbons (Fsp3) is 0.105. The number of hydrogen-bond donors (Lipinski definition) is 0. The number of fused-ring (bicyclic) bond motifs is 2. The van der Waals surface area contributed by atoms with Crippen LogP contribution < -0.4 is 5.63 Å². The molecule has 2 heterocycles. The molecule has 0 radical (unpaired) electrons. The van der Waals surface area contributed by atoms with Gasteiger partial charge in [-0.15, -0.1) is 0 Å². The van der Waals surface area contributed by atoms with E-state index in [2.05, 4.69) is 12.1 Å². The molecule has 0 aliphatic carbocycles. The number of hydrogen-bond acceptors (Lipinski definition) is 3. The lowest BCUT2D eigenvalue weighted by atomic mass is 10.0. The van der Waals surface area contributed by atoms with Crippen molar-refractivity contribution in [3.05, 3.63) is 70.3 Å². The van der Waals surface area contributed by atoms with Gasteiger partial charge in [-0.05, 0) is 31.0 Å². The molecule has 0 unspecified atom stereocenters. The molecule has 0 bridgehead atoms. The number of aryl methyl sites for hydroxylation is 1. The van der Waals surface area contributed by atoms with E-state index in [1.54, 1.807) is 19.3 Å². The summed E-state index contributed by atoms with van der Waals surface area (Å²) in [5.74, 6) is 0. The summed E-state index contributed by atoms with van der Waals surface area (Å²) in [5, 5.41) is 1.97. The minimum absolute atomic E-state index is 0.292. The summed E-state index contributed by atoms with van der Waals surface area (Å²) < 4.78 is 11.0. The fourth-order valence-corrected chi connectivity index (χ4v) is 2.81. The second kappa shape index (κ2) is 4.60. The third kappa shape index (κ3) is 1.79. The van der Waals surface area contributed by atoms with Crippen molar-refractivity contribution < 1.29 is 8.83 Å². The van der Waals surface area contributed by atoms with Crippen LogP contribution in [-0.2, 0) is 0 Å². The summed E-state index contributed by atoms with van der Waals surface area (Å²) in [5.41, 5.74) is 4.74. The van der Waals surface area contributed by atoms with Crippen molar-refractivity contribution in [1.82, 2.24) is 0 Å². The Morgan fingerprint density at radius 2 is 1.64 bits per heavy atom. The average Bonchev–Trinajstić information content (AvgIpc) is 2.95. The van der Waals surface area contributed by atoms with Gasteiger partial charge in [0.2, 0.25) is 0 Å². The maximum absolute atomic E-state index is 11.8. The zero-order valence-electron chi connectivity index (χ0n) is 12.3. The third-order valence-electron chi connectivity index (χ3n) is 4.24. The van der Waals surface area contributed by atoms with Gasteiger partial charge in [0.15, 0.2) is 0 Å². The summed E-state index contributed by atoms with van der Waals surface area (Å²) in [7, 11) is 0. The summed E-state index contributed by atoms with van der Waals surface area (Å²) in [6, 6.07) is 13.9. The molecule has 0 saturated carbocycles. The van der Waals surface area contributed by atoms with E-state index < -0.39 is 0 Å². The maximum atomic E-state index is 11.8. The first-order valence-corrected chi connectivity index (χ1v) is 7.16. The molecule has 3 heteroatoms. The standard InChI is InChI=1S/C19H14O3/c1-11-12(2)19(20)22-18-9-17-15(8-14(11)18)16(10-21-17)13-6-4-3-5-7-13/h3-10H,1-2H3. The van der Waals surface area contributed by atoms with Gasteiger partial charge >= 0.3 is 5.63 Å². The van der Waals surface area contributed by atoms with Crippen LogP contribution in [0, 0.1) is 13.8 Å². The van der Waals surface area contributed by atoms with E-state index in [4.69, 9.17) is 8.83 Å². The van der Waals surface area contributed by atoms with Crippen molar-refractivity contribution in [3.63, 3.8) is 0 Å². The van der Waals surface area contributed by atoms with Crippen LogP contribution in [0.5, 0.6) is 0 Å². The highest BCUT2D eigenvalue weighted by Crippen LogP contribution is 2.34. The molecule has 3 nitrogen and oxygen atoms in total. The molecular weight excluding hydrogens is 276 g/mol. The van der Waals surface area contributed by atoms with Crippen LogP contribution in [-0.4, -0.2) is 0 Å². The number of benzene rings is 2.